The normalized spacial score (nSPS) is 17.2. The second-order valence-corrected chi connectivity index (χ2v) is 3.81. The van der Waals surface area contributed by atoms with Gasteiger partial charge in [0.15, 0.2) is 0 Å². The van der Waals surface area contributed by atoms with Crippen molar-refractivity contribution in [2.75, 3.05) is 0 Å². The van der Waals surface area contributed by atoms with E-state index in [9.17, 15) is 9.90 Å². The number of phenolic OH excluding ortho intramolecular Hbond substituents is 1. The van der Waals surface area contributed by atoms with Crippen molar-refractivity contribution < 1.29 is 9.90 Å². The van der Waals surface area contributed by atoms with Gasteiger partial charge < -0.3 is 5.11 Å². The highest BCUT2D eigenvalue weighted by Gasteiger charge is 2.44. The van der Waals surface area contributed by atoms with Crippen molar-refractivity contribution in [3.63, 3.8) is 0 Å². The fraction of sp³-hybridized carbons (Fsp3) is 0.300. The number of carbonyl (C=O) groups excluding carboxylic acids is 1. The molecule has 72 valence electrons. The fourth-order valence-electron chi connectivity index (χ4n) is 1.47. The Balaban J connectivity index is 2.42. The van der Waals surface area contributed by atoms with Crippen LogP contribution in [0.5, 0.6) is 5.75 Å². The quantitative estimate of drug-likeness (QED) is 0.601. The molecule has 0 unspecified atom stereocenters. The third-order valence-corrected chi connectivity index (χ3v) is 2.77. The first-order valence-corrected chi connectivity index (χ1v) is 4.64. The highest BCUT2D eigenvalue weighted by atomic mass is 35.5. The SMILES string of the molecule is O=C=NC1(c2ccc(O)c(Cl)c2)CC1. The lowest BCUT2D eigenvalue weighted by Crippen LogP contribution is -2.01. The van der Waals surface area contributed by atoms with Crippen LogP contribution in [0.3, 0.4) is 0 Å². The van der Waals surface area contributed by atoms with Gasteiger partial charge in [-0.25, -0.2) is 4.79 Å². The number of hydrogen-bond donors (Lipinski definition) is 1. The Hall–Kier alpha value is -1.31. The van der Waals surface area contributed by atoms with Crippen molar-refractivity contribution in [3.8, 4) is 5.75 Å². The monoisotopic (exact) mass is 209 g/mol. The van der Waals surface area contributed by atoms with Gasteiger partial charge in [-0.15, -0.1) is 0 Å². The molecule has 0 atom stereocenters. The molecule has 1 aromatic carbocycles. The molecule has 1 saturated carbocycles. The fourth-order valence-corrected chi connectivity index (χ4v) is 1.65. The van der Waals surface area contributed by atoms with Gasteiger partial charge in [0.05, 0.1) is 10.6 Å². The van der Waals surface area contributed by atoms with Crippen LogP contribution in [-0.2, 0) is 10.3 Å². The molecule has 0 saturated heterocycles. The largest absolute Gasteiger partial charge is 0.506 e. The van der Waals surface area contributed by atoms with Gasteiger partial charge in [0, 0.05) is 0 Å². The average Bonchev–Trinajstić information content (AvgIpc) is 2.91. The second-order valence-electron chi connectivity index (χ2n) is 3.40. The van der Waals surface area contributed by atoms with Gasteiger partial charge in [-0.3, -0.25) is 0 Å². The highest BCUT2D eigenvalue weighted by Crippen LogP contribution is 2.50. The molecule has 1 aromatic rings. The standard InChI is InChI=1S/C10H8ClNO2/c11-8-5-7(1-2-9(8)14)10(3-4-10)12-6-13/h1-2,5,14H,3-4H2. The third-order valence-electron chi connectivity index (χ3n) is 2.47. The van der Waals surface area contributed by atoms with Gasteiger partial charge >= 0.3 is 0 Å². The zero-order chi connectivity index (χ0) is 10.2. The maximum absolute atomic E-state index is 10.2. The van der Waals surface area contributed by atoms with Crippen molar-refractivity contribution in [2.24, 2.45) is 4.99 Å². The summed E-state index contributed by atoms with van der Waals surface area (Å²) in [5, 5.41) is 9.51. The number of benzene rings is 1. The van der Waals surface area contributed by atoms with Crippen LogP contribution < -0.4 is 0 Å². The van der Waals surface area contributed by atoms with E-state index in [0.29, 0.717) is 0 Å². The van der Waals surface area contributed by atoms with Gasteiger partial charge in [0.1, 0.15) is 5.75 Å². The lowest BCUT2D eigenvalue weighted by Gasteiger charge is -2.08. The molecular weight excluding hydrogens is 202 g/mol. The van der Waals surface area contributed by atoms with Gasteiger partial charge in [-0.1, -0.05) is 17.7 Å². The Morgan fingerprint density at radius 2 is 2.21 bits per heavy atom. The molecule has 4 heteroatoms. The van der Waals surface area contributed by atoms with Crippen molar-refractivity contribution in [1.82, 2.24) is 0 Å². The number of isocyanates is 1. The molecule has 0 bridgehead atoms. The van der Waals surface area contributed by atoms with Crippen molar-refractivity contribution >= 4 is 17.7 Å². The minimum absolute atomic E-state index is 0.0429. The van der Waals surface area contributed by atoms with Gasteiger partial charge in [0.2, 0.25) is 6.08 Å². The van der Waals surface area contributed by atoms with E-state index in [1.807, 2.05) is 0 Å². The molecule has 0 heterocycles. The van der Waals surface area contributed by atoms with E-state index in [2.05, 4.69) is 4.99 Å². The van der Waals surface area contributed by atoms with E-state index in [1.54, 1.807) is 18.2 Å². The molecule has 2 rings (SSSR count). The third kappa shape index (κ3) is 1.41. The predicted molar refractivity (Wildman–Crippen MR) is 52.2 cm³/mol. The molecule has 1 aliphatic carbocycles. The van der Waals surface area contributed by atoms with Crippen molar-refractivity contribution in [2.45, 2.75) is 18.4 Å². The summed E-state index contributed by atoms with van der Waals surface area (Å²) in [4.78, 5) is 14.0. The molecule has 3 nitrogen and oxygen atoms in total. The van der Waals surface area contributed by atoms with E-state index >= 15 is 0 Å². The first-order valence-electron chi connectivity index (χ1n) is 4.26. The summed E-state index contributed by atoms with van der Waals surface area (Å²) in [5.74, 6) is 0.0429. The van der Waals surface area contributed by atoms with E-state index in [-0.39, 0.29) is 10.8 Å². The minimum Gasteiger partial charge on any atom is -0.506 e. The van der Waals surface area contributed by atoms with Crippen LogP contribution >= 0.6 is 11.6 Å². The molecule has 14 heavy (non-hydrogen) atoms. The summed E-state index contributed by atoms with van der Waals surface area (Å²) in [6.45, 7) is 0. The number of hydrogen-bond acceptors (Lipinski definition) is 3. The molecule has 0 amide bonds. The molecule has 0 aromatic heterocycles. The molecule has 1 N–H and O–H groups in total. The Morgan fingerprint density at radius 1 is 1.50 bits per heavy atom. The van der Waals surface area contributed by atoms with Gasteiger partial charge in [-0.2, -0.15) is 4.99 Å². The maximum atomic E-state index is 10.2. The molecule has 1 fully saturated rings. The number of nitrogens with zero attached hydrogens (tertiary/aromatic N) is 1. The van der Waals surface area contributed by atoms with Crippen LogP contribution in [0.15, 0.2) is 23.2 Å². The summed E-state index contributed by atoms with van der Waals surface area (Å²) in [6, 6.07) is 4.89. The predicted octanol–water partition coefficient (Wildman–Crippen LogP) is 2.37. The van der Waals surface area contributed by atoms with Gasteiger partial charge in [0.25, 0.3) is 0 Å². The van der Waals surface area contributed by atoms with Crippen LogP contribution in [0.2, 0.25) is 5.02 Å². The van der Waals surface area contributed by atoms with Crippen LogP contribution in [0.25, 0.3) is 0 Å². The number of rotatable bonds is 2. The van der Waals surface area contributed by atoms with E-state index < -0.39 is 5.54 Å². The summed E-state index contributed by atoms with van der Waals surface area (Å²) in [6.07, 6.45) is 3.25. The zero-order valence-corrected chi connectivity index (χ0v) is 8.08. The average molecular weight is 210 g/mol. The number of aromatic hydroxyl groups is 1. The van der Waals surface area contributed by atoms with E-state index in [4.69, 9.17) is 11.6 Å². The Bertz CT molecular complexity index is 420. The number of halogens is 1. The topological polar surface area (TPSA) is 49.7 Å². The molecule has 1 aliphatic rings. The minimum atomic E-state index is -0.418. The second kappa shape index (κ2) is 3.12. The Morgan fingerprint density at radius 3 is 2.71 bits per heavy atom. The summed E-state index contributed by atoms with van der Waals surface area (Å²) >= 11 is 5.76. The van der Waals surface area contributed by atoms with E-state index in [1.165, 1.54) is 6.07 Å². The molecule has 0 radical (unpaired) electrons. The van der Waals surface area contributed by atoms with Gasteiger partial charge in [-0.05, 0) is 30.5 Å². The van der Waals surface area contributed by atoms with E-state index in [0.717, 1.165) is 18.4 Å². The molecule has 0 aliphatic heterocycles. The zero-order valence-electron chi connectivity index (χ0n) is 7.33. The highest BCUT2D eigenvalue weighted by molar-refractivity contribution is 6.32. The molecule has 0 spiro atoms. The van der Waals surface area contributed by atoms with Crippen molar-refractivity contribution in [1.29, 1.82) is 0 Å². The lowest BCUT2D eigenvalue weighted by atomic mass is 10.1. The van der Waals surface area contributed by atoms with Crippen molar-refractivity contribution in [3.05, 3.63) is 28.8 Å². The summed E-state index contributed by atoms with van der Waals surface area (Å²) in [5.41, 5.74) is 0.447. The summed E-state index contributed by atoms with van der Waals surface area (Å²) in [7, 11) is 0. The number of aliphatic imine (C=N–C) groups is 1. The van der Waals surface area contributed by atoms with Crippen LogP contribution in [0.4, 0.5) is 0 Å². The Kier molecular flexibility index (Phi) is 2.06. The Labute approximate surface area is 86.0 Å². The maximum Gasteiger partial charge on any atom is 0.235 e. The number of phenols is 1. The van der Waals surface area contributed by atoms with Crippen LogP contribution in [0, 0.1) is 0 Å². The first-order chi connectivity index (χ1) is 6.68. The smallest absolute Gasteiger partial charge is 0.235 e. The first kappa shape index (κ1) is 9.25. The molecular formula is C10H8ClNO2. The van der Waals surface area contributed by atoms with Crippen LogP contribution in [0.1, 0.15) is 18.4 Å². The summed E-state index contributed by atoms with van der Waals surface area (Å²) < 4.78 is 0. The lowest BCUT2D eigenvalue weighted by molar-refractivity contribution is 0.475. The van der Waals surface area contributed by atoms with Crippen LogP contribution in [-0.4, -0.2) is 11.2 Å².